The summed E-state index contributed by atoms with van der Waals surface area (Å²) in [5.74, 6) is -3.20. The average Bonchev–Trinajstić information content (AvgIpc) is 2.87. The van der Waals surface area contributed by atoms with E-state index in [2.05, 4.69) is 5.32 Å². The first-order chi connectivity index (χ1) is 18.7. The molecule has 0 aromatic heterocycles. The van der Waals surface area contributed by atoms with Crippen LogP contribution >= 0.6 is 0 Å². The van der Waals surface area contributed by atoms with E-state index in [1.807, 2.05) is 25.7 Å². The molecular formula is C25H49N5O9. The number of hydrogen-bond acceptors (Lipinski definition) is 10. The van der Waals surface area contributed by atoms with E-state index < -0.39 is 17.9 Å². The molecule has 0 aromatic rings. The number of carboxylic acid groups (broad SMARTS) is 3. The van der Waals surface area contributed by atoms with Gasteiger partial charge < -0.3 is 30.1 Å². The number of hydrogen-bond donors (Lipinski definition) is 4. The van der Waals surface area contributed by atoms with Crippen LogP contribution in [0.15, 0.2) is 0 Å². The highest BCUT2D eigenvalue weighted by molar-refractivity contribution is 5.78. The minimum atomic E-state index is -1.01. The van der Waals surface area contributed by atoms with Gasteiger partial charge in [-0.25, -0.2) is 0 Å². The zero-order valence-electron chi connectivity index (χ0n) is 23.8. The number of carboxylic acids is 3. The summed E-state index contributed by atoms with van der Waals surface area (Å²) in [4.78, 5) is 53.4. The molecule has 0 unspecified atom stereocenters. The molecule has 228 valence electrons. The van der Waals surface area contributed by atoms with Gasteiger partial charge in [-0.15, -0.1) is 0 Å². The molecule has 1 aliphatic rings. The van der Waals surface area contributed by atoms with Crippen molar-refractivity contribution in [2.24, 2.45) is 0 Å². The van der Waals surface area contributed by atoms with E-state index in [4.69, 9.17) is 9.47 Å². The molecule has 1 rings (SSSR count). The standard InChI is InChI=1S/C23H43N5O9.C2H6/c1-2-12-36-14-15-37-13-3-24-20(29)16-25-4-6-26(17-21(30)31)8-10-28(19-23(34)35)11-9-27(7-5-25)18-22(32)33;1-2/h2-19H2,1H3,(H,24,29)(H,30,31)(H,32,33)(H,34,35);1-2H3. The SMILES string of the molecule is CC.CCCOCCOCCNC(=O)CN1CCN(CC(=O)O)CCN(CC(=O)O)CCN(CC(=O)O)CC1. The summed E-state index contributed by atoms with van der Waals surface area (Å²) in [5.41, 5.74) is 0. The summed E-state index contributed by atoms with van der Waals surface area (Å²) in [6, 6.07) is 0. The van der Waals surface area contributed by atoms with Gasteiger partial charge in [-0.1, -0.05) is 20.8 Å². The van der Waals surface area contributed by atoms with Crippen LogP contribution in [0.1, 0.15) is 27.2 Å². The maximum absolute atomic E-state index is 12.5. The molecule has 14 nitrogen and oxygen atoms in total. The fraction of sp³-hybridized carbons (Fsp3) is 0.840. The van der Waals surface area contributed by atoms with Gasteiger partial charge >= 0.3 is 17.9 Å². The maximum atomic E-state index is 12.5. The first-order valence-electron chi connectivity index (χ1n) is 13.7. The van der Waals surface area contributed by atoms with Gasteiger partial charge in [0.15, 0.2) is 0 Å². The fourth-order valence-electron chi connectivity index (χ4n) is 3.77. The molecule has 0 aliphatic carbocycles. The molecule has 0 atom stereocenters. The number of carbonyl (C=O) groups excluding carboxylic acids is 1. The smallest absolute Gasteiger partial charge is 0.317 e. The van der Waals surface area contributed by atoms with E-state index in [1.165, 1.54) is 0 Å². The summed E-state index contributed by atoms with van der Waals surface area (Å²) in [5, 5.41) is 30.6. The van der Waals surface area contributed by atoms with E-state index in [0.717, 1.165) is 6.42 Å². The predicted octanol–water partition coefficient (Wildman–Crippen LogP) is -0.953. The molecular weight excluding hydrogens is 514 g/mol. The highest BCUT2D eigenvalue weighted by Gasteiger charge is 2.21. The highest BCUT2D eigenvalue weighted by Crippen LogP contribution is 2.01. The average molecular weight is 564 g/mol. The lowest BCUT2D eigenvalue weighted by Crippen LogP contribution is -2.50. The predicted molar refractivity (Wildman–Crippen MR) is 145 cm³/mol. The molecule has 0 saturated carbocycles. The van der Waals surface area contributed by atoms with Crippen molar-refractivity contribution in [3.8, 4) is 0 Å². The number of nitrogens with zero attached hydrogens (tertiary/aromatic N) is 4. The Bertz CT molecular complexity index is 667. The largest absolute Gasteiger partial charge is 0.480 e. The Morgan fingerprint density at radius 2 is 0.923 bits per heavy atom. The topological polar surface area (TPSA) is 172 Å². The van der Waals surface area contributed by atoms with Crippen molar-refractivity contribution in [1.82, 2.24) is 24.9 Å². The molecule has 1 saturated heterocycles. The number of ether oxygens (including phenoxy) is 2. The van der Waals surface area contributed by atoms with Crippen molar-refractivity contribution in [1.29, 1.82) is 0 Å². The minimum absolute atomic E-state index is 0.0760. The van der Waals surface area contributed by atoms with Crippen LogP contribution < -0.4 is 5.32 Å². The zero-order chi connectivity index (χ0) is 29.5. The molecule has 1 amide bonds. The molecule has 4 N–H and O–H groups in total. The summed E-state index contributed by atoms with van der Waals surface area (Å²) >= 11 is 0. The van der Waals surface area contributed by atoms with Crippen molar-refractivity contribution in [2.75, 3.05) is 112 Å². The lowest BCUT2D eigenvalue weighted by atomic mass is 10.3. The van der Waals surface area contributed by atoms with Crippen molar-refractivity contribution in [3.63, 3.8) is 0 Å². The van der Waals surface area contributed by atoms with Gasteiger partial charge in [0.1, 0.15) is 0 Å². The Hall–Kier alpha value is -2.36. The second-order valence-corrected chi connectivity index (χ2v) is 8.86. The quantitative estimate of drug-likeness (QED) is 0.169. The first-order valence-corrected chi connectivity index (χ1v) is 13.7. The van der Waals surface area contributed by atoms with E-state index in [-0.39, 0.29) is 32.1 Å². The monoisotopic (exact) mass is 563 g/mol. The van der Waals surface area contributed by atoms with Crippen LogP contribution in [0.2, 0.25) is 0 Å². The lowest BCUT2D eigenvalue weighted by molar-refractivity contribution is -0.140. The van der Waals surface area contributed by atoms with Gasteiger partial charge in [-0.2, -0.15) is 0 Å². The second-order valence-electron chi connectivity index (χ2n) is 8.86. The van der Waals surface area contributed by atoms with Crippen molar-refractivity contribution in [2.45, 2.75) is 27.2 Å². The summed E-state index contributed by atoms with van der Waals surface area (Å²) in [6.45, 7) is 10.6. The van der Waals surface area contributed by atoms with Crippen LogP contribution in [-0.4, -0.2) is 170 Å². The van der Waals surface area contributed by atoms with Crippen molar-refractivity contribution < 1.29 is 44.0 Å². The Balaban J connectivity index is 0.00000704. The molecule has 1 aliphatic heterocycles. The summed E-state index contributed by atoms with van der Waals surface area (Å²) in [6.07, 6.45) is 0.942. The normalized spacial score (nSPS) is 16.8. The number of amides is 1. The van der Waals surface area contributed by atoms with Crippen LogP contribution in [0, 0.1) is 0 Å². The number of aliphatic carboxylic acids is 3. The zero-order valence-corrected chi connectivity index (χ0v) is 23.8. The number of rotatable bonds is 16. The van der Waals surface area contributed by atoms with Gasteiger partial charge in [0.05, 0.1) is 46.0 Å². The molecule has 0 bridgehead atoms. The Labute approximate surface area is 231 Å². The first kappa shape index (κ1) is 36.6. The summed E-state index contributed by atoms with van der Waals surface area (Å²) < 4.78 is 10.8. The Morgan fingerprint density at radius 3 is 1.26 bits per heavy atom. The summed E-state index contributed by atoms with van der Waals surface area (Å²) in [7, 11) is 0. The third kappa shape index (κ3) is 21.2. The third-order valence-electron chi connectivity index (χ3n) is 5.66. The molecule has 1 fully saturated rings. The molecule has 0 aromatic carbocycles. The maximum Gasteiger partial charge on any atom is 0.317 e. The van der Waals surface area contributed by atoms with Crippen molar-refractivity contribution >= 4 is 23.8 Å². The van der Waals surface area contributed by atoms with E-state index in [0.29, 0.717) is 85.3 Å². The number of nitrogens with one attached hydrogen (secondary N) is 1. The fourth-order valence-corrected chi connectivity index (χ4v) is 3.77. The molecule has 1 heterocycles. The van der Waals surface area contributed by atoms with Crippen LogP contribution in [0.5, 0.6) is 0 Å². The van der Waals surface area contributed by atoms with E-state index in [1.54, 1.807) is 14.7 Å². The van der Waals surface area contributed by atoms with Crippen LogP contribution in [-0.2, 0) is 28.7 Å². The highest BCUT2D eigenvalue weighted by atomic mass is 16.5. The molecule has 0 spiro atoms. The van der Waals surface area contributed by atoms with Crippen molar-refractivity contribution in [3.05, 3.63) is 0 Å². The number of carbonyl (C=O) groups is 4. The Morgan fingerprint density at radius 1 is 0.590 bits per heavy atom. The second kappa shape index (κ2) is 23.5. The minimum Gasteiger partial charge on any atom is -0.480 e. The van der Waals surface area contributed by atoms with Gasteiger partial charge in [0.2, 0.25) is 5.91 Å². The van der Waals surface area contributed by atoms with Crippen LogP contribution in [0.25, 0.3) is 0 Å². The molecule has 39 heavy (non-hydrogen) atoms. The van der Waals surface area contributed by atoms with Crippen LogP contribution in [0.3, 0.4) is 0 Å². The van der Waals surface area contributed by atoms with E-state index in [9.17, 15) is 34.5 Å². The third-order valence-corrected chi connectivity index (χ3v) is 5.66. The molecule has 0 radical (unpaired) electrons. The van der Waals surface area contributed by atoms with Gasteiger partial charge in [-0.3, -0.25) is 38.8 Å². The Kier molecular flexibility index (Phi) is 22.1. The van der Waals surface area contributed by atoms with Gasteiger partial charge in [-0.05, 0) is 6.42 Å². The van der Waals surface area contributed by atoms with E-state index >= 15 is 0 Å². The molecule has 14 heteroatoms. The lowest BCUT2D eigenvalue weighted by Gasteiger charge is -2.32. The van der Waals surface area contributed by atoms with Crippen LogP contribution in [0.4, 0.5) is 0 Å². The van der Waals surface area contributed by atoms with Gasteiger partial charge in [0, 0.05) is 65.5 Å². The van der Waals surface area contributed by atoms with Gasteiger partial charge in [0.25, 0.3) is 0 Å².